The van der Waals surface area contributed by atoms with Crippen LogP contribution in [0, 0.1) is 6.92 Å². The summed E-state index contributed by atoms with van der Waals surface area (Å²) in [6, 6.07) is 7.56. The number of benzene rings is 1. The quantitative estimate of drug-likeness (QED) is 0.807. The first-order valence-corrected chi connectivity index (χ1v) is 4.85. The number of nitrogens with zero attached hydrogens (tertiary/aromatic N) is 3. The number of aliphatic hydroxyl groups is 1. The molecule has 0 aliphatic rings. The van der Waals surface area contributed by atoms with Crippen molar-refractivity contribution >= 4 is 0 Å². The van der Waals surface area contributed by atoms with Crippen LogP contribution in [0.15, 0.2) is 30.5 Å². The fraction of sp³-hybridized carbons (Fsp3) is 0.273. The van der Waals surface area contributed by atoms with E-state index in [1.54, 1.807) is 13.1 Å². The number of hydrogen-bond acceptors (Lipinski definition) is 3. The highest BCUT2D eigenvalue weighted by Gasteiger charge is 2.09. The molecule has 1 aromatic heterocycles. The molecule has 1 N–H and O–H groups in total. The summed E-state index contributed by atoms with van der Waals surface area (Å²) < 4.78 is 0. The first-order valence-electron chi connectivity index (χ1n) is 4.85. The van der Waals surface area contributed by atoms with E-state index < -0.39 is 6.10 Å². The van der Waals surface area contributed by atoms with Crippen molar-refractivity contribution in [1.29, 1.82) is 0 Å². The summed E-state index contributed by atoms with van der Waals surface area (Å²) in [5.41, 5.74) is 2.50. The topological polar surface area (TPSA) is 50.9 Å². The van der Waals surface area contributed by atoms with Crippen LogP contribution >= 0.6 is 0 Å². The third kappa shape index (κ3) is 1.89. The lowest BCUT2D eigenvalue weighted by Crippen LogP contribution is -2.05. The Morgan fingerprint density at radius 2 is 2.07 bits per heavy atom. The minimum Gasteiger partial charge on any atom is -0.389 e. The van der Waals surface area contributed by atoms with Crippen LogP contribution in [0.3, 0.4) is 0 Å². The van der Waals surface area contributed by atoms with Crippen LogP contribution < -0.4 is 0 Å². The molecule has 1 aromatic carbocycles. The van der Waals surface area contributed by atoms with Gasteiger partial charge in [0.25, 0.3) is 0 Å². The van der Waals surface area contributed by atoms with Gasteiger partial charge >= 0.3 is 0 Å². The molecule has 4 heteroatoms. The Bertz CT molecular complexity index is 462. The summed E-state index contributed by atoms with van der Waals surface area (Å²) in [4.78, 5) is 1.54. The van der Waals surface area contributed by atoms with E-state index in [0.717, 1.165) is 16.9 Å². The van der Waals surface area contributed by atoms with Crippen molar-refractivity contribution in [1.82, 2.24) is 15.0 Å². The third-order valence-corrected chi connectivity index (χ3v) is 2.21. The summed E-state index contributed by atoms with van der Waals surface area (Å²) in [5.74, 6) is 0. The highest BCUT2D eigenvalue weighted by molar-refractivity contribution is 5.40. The zero-order chi connectivity index (χ0) is 10.8. The van der Waals surface area contributed by atoms with Crippen molar-refractivity contribution in [2.24, 2.45) is 0 Å². The molecule has 78 valence electrons. The van der Waals surface area contributed by atoms with Gasteiger partial charge in [-0.15, -0.1) is 0 Å². The van der Waals surface area contributed by atoms with E-state index in [-0.39, 0.29) is 0 Å². The average Bonchev–Trinajstić information content (AvgIpc) is 2.65. The fourth-order valence-corrected chi connectivity index (χ4v) is 1.48. The monoisotopic (exact) mass is 203 g/mol. The zero-order valence-electron chi connectivity index (χ0n) is 8.75. The predicted octanol–water partition coefficient (Wildman–Crippen LogP) is 1.63. The molecule has 1 heterocycles. The maximum absolute atomic E-state index is 9.60. The maximum atomic E-state index is 9.60. The van der Waals surface area contributed by atoms with Crippen molar-refractivity contribution < 1.29 is 5.11 Å². The normalized spacial score (nSPS) is 12.7. The van der Waals surface area contributed by atoms with E-state index in [2.05, 4.69) is 10.2 Å². The lowest BCUT2D eigenvalue weighted by molar-refractivity contribution is 0.198. The second kappa shape index (κ2) is 3.82. The van der Waals surface area contributed by atoms with E-state index in [1.165, 1.54) is 4.80 Å². The summed E-state index contributed by atoms with van der Waals surface area (Å²) >= 11 is 0. The van der Waals surface area contributed by atoms with E-state index in [1.807, 2.05) is 31.2 Å². The van der Waals surface area contributed by atoms with Crippen molar-refractivity contribution in [2.45, 2.75) is 20.0 Å². The van der Waals surface area contributed by atoms with E-state index in [4.69, 9.17) is 0 Å². The van der Waals surface area contributed by atoms with Gasteiger partial charge in [0.15, 0.2) is 0 Å². The molecular formula is C11H13N3O. The summed E-state index contributed by atoms with van der Waals surface area (Å²) in [6.07, 6.45) is 1.17. The lowest BCUT2D eigenvalue weighted by Gasteiger charge is -2.10. The third-order valence-electron chi connectivity index (χ3n) is 2.21. The molecule has 0 saturated heterocycles. The van der Waals surface area contributed by atoms with Gasteiger partial charge < -0.3 is 5.11 Å². The van der Waals surface area contributed by atoms with Crippen molar-refractivity contribution in [2.75, 3.05) is 0 Å². The zero-order valence-corrected chi connectivity index (χ0v) is 8.75. The van der Waals surface area contributed by atoms with Crippen LogP contribution in [-0.4, -0.2) is 20.1 Å². The summed E-state index contributed by atoms with van der Waals surface area (Å²) in [5, 5.41) is 17.9. The van der Waals surface area contributed by atoms with Crippen LogP contribution in [-0.2, 0) is 0 Å². The number of aliphatic hydroxyl groups excluding tert-OH is 1. The van der Waals surface area contributed by atoms with Crippen molar-refractivity contribution in [3.8, 4) is 5.69 Å². The van der Waals surface area contributed by atoms with Gasteiger partial charge in [0, 0.05) is 5.56 Å². The summed E-state index contributed by atoms with van der Waals surface area (Å²) in [7, 11) is 0. The van der Waals surface area contributed by atoms with Crippen LogP contribution in [0.5, 0.6) is 0 Å². The van der Waals surface area contributed by atoms with Crippen LogP contribution in [0.2, 0.25) is 0 Å². The van der Waals surface area contributed by atoms with Gasteiger partial charge in [-0.3, -0.25) is 0 Å². The van der Waals surface area contributed by atoms with Gasteiger partial charge in [0.2, 0.25) is 0 Å². The second-order valence-electron chi connectivity index (χ2n) is 3.51. The molecular weight excluding hydrogens is 190 g/mol. The van der Waals surface area contributed by atoms with Gasteiger partial charge in [0.1, 0.15) is 0 Å². The van der Waals surface area contributed by atoms with Crippen LogP contribution in [0.25, 0.3) is 5.69 Å². The lowest BCUT2D eigenvalue weighted by atomic mass is 10.1. The molecule has 0 saturated carbocycles. The minimum absolute atomic E-state index is 0.521. The highest BCUT2D eigenvalue weighted by Crippen LogP contribution is 2.19. The first kappa shape index (κ1) is 9.86. The van der Waals surface area contributed by atoms with Gasteiger partial charge in [-0.1, -0.05) is 18.2 Å². The number of aromatic nitrogens is 3. The Morgan fingerprint density at radius 3 is 2.67 bits per heavy atom. The van der Waals surface area contributed by atoms with Gasteiger partial charge in [-0.2, -0.15) is 15.0 Å². The van der Waals surface area contributed by atoms with Crippen LogP contribution in [0.4, 0.5) is 0 Å². The molecule has 2 rings (SSSR count). The molecule has 0 bridgehead atoms. The maximum Gasteiger partial charge on any atom is 0.0914 e. The van der Waals surface area contributed by atoms with Crippen molar-refractivity contribution in [3.63, 3.8) is 0 Å². The first-order chi connectivity index (χ1) is 7.18. The smallest absolute Gasteiger partial charge is 0.0914 e. The predicted molar refractivity (Wildman–Crippen MR) is 56.7 cm³/mol. The number of hydrogen-bond donors (Lipinski definition) is 1. The Kier molecular flexibility index (Phi) is 2.51. The van der Waals surface area contributed by atoms with Gasteiger partial charge in [-0.05, 0) is 19.9 Å². The van der Waals surface area contributed by atoms with Crippen molar-refractivity contribution in [3.05, 3.63) is 41.7 Å². The number of aryl methyl sites for hydroxylation is 1. The molecule has 0 fully saturated rings. The molecule has 1 atom stereocenters. The standard InChI is InChI=1S/C11H13N3O/c1-8-7-12-14(13-8)11-6-4-3-5-10(11)9(2)15/h3-7,9,15H,1-2H3. The van der Waals surface area contributed by atoms with Crippen LogP contribution in [0.1, 0.15) is 24.3 Å². The number of para-hydroxylation sites is 1. The SMILES string of the molecule is Cc1cnn(-c2ccccc2C(C)O)n1. The molecule has 0 amide bonds. The molecule has 15 heavy (non-hydrogen) atoms. The fourth-order valence-electron chi connectivity index (χ4n) is 1.48. The molecule has 0 aliphatic carbocycles. The average molecular weight is 203 g/mol. The minimum atomic E-state index is -0.521. The largest absolute Gasteiger partial charge is 0.389 e. The molecule has 0 spiro atoms. The second-order valence-corrected chi connectivity index (χ2v) is 3.51. The van der Waals surface area contributed by atoms with Gasteiger partial charge in [-0.25, -0.2) is 0 Å². The number of rotatable bonds is 2. The van der Waals surface area contributed by atoms with E-state index in [9.17, 15) is 5.11 Å². The van der Waals surface area contributed by atoms with E-state index in [0.29, 0.717) is 0 Å². The Labute approximate surface area is 88.2 Å². The molecule has 2 aromatic rings. The Hall–Kier alpha value is -1.68. The highest BCUT2D eigenvalue weighted by atomic mass is 16.3. The Balaban J connectivity index is 2.52. The summed E-state index contributed by atoms with van der Waals surface area (Å²) in [6.45, 7) is 3.61. The molecule has 0 radical (unpaired) electrons. The molecule has 0 aliphatic heterocycles. The van der Waals surface area contributed by atoms with E-state index >= 15 is 0 Å². The Morgan fingerprint density at radius 1 is 1.33 bits per heavy atom. The van der Waals surface area contributed by atoms with Gasteiger partial charge in [0.05, 0.1) is 23.7 Å². The molecule has 1 unspecified atom stereocenters. The molecule has 4 nitrogen and oxygen atoms in total.